The second-order valence-corrected chi connectivity index (χ2v) is 8.67. The third-order valence-electron chi connectivity index (χ3n) is 6.26. The number of carboxylic acids is 1. The summed E-state index contributed by atoms with van der Waals surface area (Å²) in [6.07, 6.45) is 1.39. The van der Waals surface area contributed by atoms with E-state index in [0.29, 0.717) is 31.4 Å². The van der Waals surface area contributed by atoms with Gasteiger partial charge in [0.2, 0.25) is 5.91 Å². The van der Waals surface area contributed by atoms with E-state index in [4.69, 9.17) is 0 Å². The number of likely N-dealkylation sites (tertiary alicyclic amines) is 1. The summed E-state index contributed by atoms with van der Waals surface area (Å²) < 4.78 is 0. The number of carbonyl (C=O) groups excluding carboxylic acids is 3. The minimum atomic E-state index is -1.01. The largest absolute Gasteiger partial charge is 0.480 e. The summed E-state index contributed by atoms with van der Waals surface area (Å²) in [5, 5.41) is 12.2. The van der Waals surface area contributed by atoms with Gasteiger partial charge in [-0.3, -0.25) is 19.3 Å². The maximum Gasteiger partial charge on any atom is 0.326 e. The van der Waals surface area contributed by atoms with Crippen LogP contribution < -0.4 is 5.32 Å². The second-order valence-electron chi connectivity index (χ2n) is 8.67. The molecule has 3 rings (SSSR count). The summed E-state index contributed by atoms with van der Waals surface area (Å²) in [6.45, 7) is 2.00. The first kappa shape index (κ1) is 25.1. The van der Waals surface area contributed by atoms with Gasteiger partial charge in [0.15, 0.2) is 5.78 Å². The Hall–Kier alpha value is -3.52. The third kappa shape index (κ3) is 6.29. The fourth-order valence-electron chi connectivity index (χ4n) is 4.13. The van der Waals surface area contributed by atoms with Gasteiger partial charge < -0.3 is 15.3 Å². The molecule has 1 saturated heterocycles. The number of rotatable bonds is 10. The zero-order chi connectivity index (χ0) is 24.7. The Kier molecular flexibility index (Phi) is 8.54. The van der Waals surface area contributed by atoms with Crippen LogP contribution in [0.25, 0.3) is 0 Å². The topological polar surface area (TPSA) is 107 Å². The van der Waals surface area contributed by atoms with E-state index in [1.165, 1.54) is 4.90 Å². The number of benzene rings is 2. The van der Waals surface area contributed by atoms with Crippen LogP contribution in [-0.2, 0) is 20.8 Å². The number of nitrogens with zero attached hydrogens (tertiary/aromatic N) is 2. The summed E-state index contributed by atoms with van der Waals surface area (Å²) in [6, 6.07) is 15.8. The molecule has 0 bridgehead atoms. The molecule has 1 aliphatic heterocycles. The lowest BCUT2D eigenvalue weighted by molar-refractivity contribution is -0.150. The highest BCUT2D eigenvalue weighted by Crippen LogP contribution is 2.19. The number of ketones is 1. The van der Waals surface area contributed by atoms with Crippen LogP contribution in [0.1, 0.15) is 35.7 Å². The van der Waals surface area contributed by atoms with Gasteiger partial charge >= 0.3 is 5.97 Å². The van der Waals surface area contributed by atoms with E-state index < -0.39 is 24.1 Å². The highest BCUT2D eigenvalue weighted by Gasteiger charge is 2.37. The zero-order valence-electron chi connectivity index (χ0n) is 19.5. The number of carboxylic acid groups (broad SMARTS) is 1. The molecule has 0 radical (unpaired) electrons. The minimum Gasteiger partial charge on any atom is -0.480 e. The summed E-state index contributed by atoms with van der Waals surface area (Å²) >= 11 is 0. The molecule has 0 aliphatic carbocycles. The van der Waals surface area contributed by atoms with Crippen molar-refractivity contribution in [1.29, 1.82) is 0 Å². The Labute approximate surface area is 199 Å². The Morgan fingerprint density at radius 2 is 1.68 bits per heavy atom. The van der Waals surface area contributed by atoms with Crippen molar-refractivity contribution >= 4 is 23.6 Å². The molecule has 180 valence electrons. The third-order valence-corrected chi connectivity index (χ3v) is 6.26. The molecule has 2 N–H and O–H groups in total. The van der Waals surface area contributed by atoms with Gasteiger partial charge in [-0.2, -0.15) is 0 Å². The van der Waals surface area contributed by atoms with Crippen molar-refractivity contribution in [3.63, 3.8) is 0 Å². The van der Waals surface area contributed by atoms with Gasteiger partial charge in [-0.1, -0.05) is 48.5 Å². The van der Waals surface area contributed by atoms with E-state index in [-0.39, 0.29) is 24.1 Å². The summed E-state index contributed by atoms with van der Waals surface area (Å²) in [4.78, 5) is 53.4. The number of hydrogen-bond donors (Lipinski definition) is 2. The molecule has 0 saturated carbocycles. The monoisotopic (exact) mass is 465 g/mol. The standard InChI is InChI=1S/C26H31N3O5/c1-18(25(32)29-15-9-14-22(29)26(33)34)28(2)17-23(30)21(16-19-10-5-3-6-11-19)27-24(31)20-12-7-4-8-13-20/h3-8,10-13,18,21-22H,9,14-17H2,1-2H3,(H,27,31)(H,33,34)/t18-,21?,22-/m0/s1. The Balaban J connectivity index is 1.70. The summed E-state index contributed by atoms with van der Waals surface area (Å²) in [5.41, 5.74) is 1.36. The number of nitrogens with one attached hydrogen (secondary N) is 1. The molecule has 8 heteroatoms. The number of amides is 2. The predicted octanol–water partition coefficient (Wildman–Crippen LogP) is 1.99. The molecule has 0 spiro atoms. The van der Waals surface area contributed by atoms with Crippen molar-refractivity contribution in [2.75, 3.05) is 20.1 Å². The fourth-order valence-corrected chi connectivity index (χ4v) is 4.13. The Bertz CT molecular complexity index is 1010. The van der Waals surface area contributed by atoms with Crippen LogP contribution in [0.4, 0.5) is 0 Å². The van der Waals surface area contributed by atoms with Gasteiger partial charge in [-0.25, -0.2) is 4.79 Å². The van der Waals surface area contributed by atoms with Gasteiger partial charge in [0, 0.05) is 12.1 Å². The first-order valence-electron chi connectivity index (χ1n) is 11.4. The van der Waals surface area contributed by atoms with Crippen molar-refractivity contribution in [3.8, 4) is 0 Å². The summed E-state index contributed by atoms with van der Waals surface area (Å²) in [5.74, 6) is -1.90. The molecular weight excluding hydrogens is 434 g/mol. The van der Waals surface area contributed by atoms with Crippen LogP contribution in [0.2, 0.25) is 0 Å². The van der Waals surface area contributed by atoms with Crippen LogP contribution in [0, 0.1) is 0 Å². The zero-order valence-corrected chi connectivity index (χ0v) is 19.5. The van der Waals surface area contributed by atoms with Crippen molar-refractivity contribution < 1.29 is 24.3 Å². The Morgan fingerprint density at radius 1 is 1.06 bits per heavy atom. The van der Waals surface area contributed by atoms with Crippen molar-refractivity contribution in [2.24, 2.45) is 0 Å². The molecule has 1 heterocycles. The first-order valence-corrected chi connectivity index (χ1v) is 11.4. The molecule has 1 fully saturated rings. The molecule has 3 atom stereocenters. The molecule has 34 heavy (non-hydrogen) atoms. The molecule has 8 nitrogen and oxygen atoms in total. The van der Waals surface area contributed by atoms with E-state index >= 15 is 0 Å². The lowest BCUT2D eigenvalue weighted by Gasteiger charge is -2.30. The number of carbonyl (C=O) groups is 4. The van der Waals surface area contributed by atoms with Crippen LogP contribution in [0.5, 0.6) is 0 Å². The number of likely N-dealkylation sites (N-methyl/N-ethyl adjacent to an activating group) is 1. The maximum atomic E-state index is 13.3. The molecular formula is C26H31N3O5. The minimum absolute atomic E-state index is 0.0644. The normalized spacial score (nSPS) is 17.3. The smallest absolute Gasteiger partial charge is 0.326 e. The van der Waals surface area contributed by atoms with Crippen molar-refractivity contribution in [2.45, 2.75) is 44.3 Å². The van der Waals surface area contributed by atoms with Crippen LogP contribution >= 0.6 is 0 Å². The van der Waals surface area contributed by atoms with E-state index in [0.717, 1.165) is 5.56 Å². The van der Waals surface area contributed by atoms with Crippen molar-refractivity contribution in [3.05, 3.63) is 71.8 Å². The molecule has 2 aromatic carbocycles. The van der Waals surface area contributed by atoms with Crippen molar-refractivity contribution in [1.82, 2.24) is 15.1 Å². The Morgan fingerprint density at radius 3 is 2.29 bits per heavy atom. The van der Waals surface area contributed by atoms with E-state index in [1.54, 1.807) is 43.1 Å². The lowest BCUT2D eigenvalue weighted by atomic mass is 10.0. The van der Waals surface area contributed by atoms with E-state index in [9.17, 15) is 24.3 Å². The maximum absolute atomic E-state index is 13.3. The van der Waals surface area contributed by atoms with Crippen LogP contribution in [0.15, 0.2) is 60.7 Å². The van der Waals surface area contributed by atoms with Gasteiger partial charge in [-0.05, 0) is 50.9 Å². The predicted molar refractivity (Wildman–Crippen MR) is 127 cm³/mol. The lowest BCUT2D eigenvalue weighted by Crippen LogP contribution is -2.52. The fraction of sp³-hybridized carbons (Fsp3) is 0.385. The van der Waals surface area contributed by atoms with Gasteiger partial charge in [0.1, 0.15) is 6.04 Å². The molecule has 2 amide bonds. The highest BCUT2D eigenvalue weighted by atomic mass is 16.4. The SMILES string of the molecule is C[C@@H](C(=O)N1CCC[C@H]1C(=O)O)N(C)CC(=O)C(Cc1ccccc1)NC(=O)c1ccccc1. The molecule has 1 aliphatic rings. The molecule has 2 aromatic rings. The van der Waals surface area contributed by atoms with Gasteiger partial charge in [-0.15, -0.1) is 0 Å². The quantitative estimate of drug-likeness (QED) is 0.556. The number of hydrogen-bond acceptors (Lipinski definition) is 5. The average Bonchev–Trinajstić information content (AvgIpc) is 3.34. The summed E-state index contributed by atoms with van der Waals surface area (Å²) in [7, 11) is 1.66. The molecule has 1 unspecified atom stereocenters. The van der Waals surface area contributed by atoms with E-state index in [1.807, 2.05) is 36.4 Å². The van der Waals surface area contributed by atoms with Gasteiger partial charge in [0.05, 0.1) is 18.6 Å². The number of aliphatic carboxylic acids is 1. The first-order chi connectivity index (χ1) is 16.3. The van der Waals surface area contributed by atoms with Crippen LogP contribution in [-0.4, -0.2) is 76.7 Å². The second kappa shape index (κ2) is 11.6. The van der Waals surface area contributed by atoms with E-state index in [2.05, 4.69) is 5.32 Å². The number of Topliss-reactive ketones (excluding diaryl/α,β-unsaturated/α-hetero) is 1. The highest BCUT2D eigenvalue weighted by molar-refractivity contribution is 5.98. The van der Waals surface area contributed by atoms with Gasteiger partial charge in [0.25, 0.3) is 5.91 Å². The molecule has 0 aromatic heterocycles. The average molecular weight is 466 g/mol. The van der Waals surface area contributed by atoms with Crippen LogP contribution in [0.3, 0.4) is 0 Å².